The molecule has 1 atom stereocenters. The number of thiocarbonyl (C=S) groups is 1. The van der Waals surface area contributed by atoms with E-state index in [1.807, 2.05) is 12.1 Å². The standard InChI is InChI=1S/C24H28N4O5S/c1-4-27-23(31)18(28(24(27)34)26-22(30)17-8-6-5-7-9-17)15-21(29)25-13-12-16-10-11-19(32-2)20(14-16)33-3/h5-11,14,18H,4,12-13,15H2,1-3H3,(H,25,29)(H,26,30)/t18-/m0/s1. The number of hydrogen-bond acceptors (Lipinski definition) is 6. The van der Waals surface area contributed by atoms with Gasteiger partial charge in [-0.25, -0.2) is 5.01 Å². The molecule has 0 aromatic heterocycles. The van der Waals surface area contributed by atoms with Crippen LogP contribution >= 0.6 is 12.2 Å². The van der Waals surface area contributed by atoms with Gasteiger partial charge in [0, 0.05) is 18.7 Å². The van der Waals surface area contributed by atoms with Crippen molar-refractivity contribution in [2.75, 3.05) is 27.3 Å². The Kier molecular flexibility index (Phi) is 8.42. The molecule has 3 rings (SSSR count). The van der Waals surface area contributed by atoms with E-state index in [9.17, 15) is 14.4 Å². The van der Waals surface area contributed by atoms with Crippen molar-refractivity contribution in [1.82, 2.24) is 20.7 Å². The largest absolute Gasteiger partial charge is 0.493 e. The third-order valence-corrected chi connectivity index (χ3v) is 5.85. The molecule has 2 aromatic rings. The molecule has 0 spiro atoms. The lowest BCUT2D eigenvalue weighted by Gasteiger charge is -2.24. The van der Waals surface area contributed by atoms with Crippen LogP contribution in [0.4, 0.5) is 0 Å². The summed E-state index contributed by atoms with van der Waals surface area (Å²) in [5.74, 6) is 0.187. The van der Waals surface area contributed by atoms with E-state index in [0.29, 0.717) is 36.6 Å². The highest BCUT2D eigenvalue weighted by Crippen LogP contribution is 2.27. The summed E-state index contributed by atoms with van der Waals surface area (Å²) in [6, 6.07) is 13.2. The Balaban J connectivity index is 1.62. The van der Waals surface area contributed by atoms with Gasteiger partial charge in [0.2, 0.25) is 5.91 Å². The molecule has 10 heteroatoms. The Labute approximate surface area is 204 Å². The Morgan fingerprint density at radius 2 is 1.76 bits per heavy atom. The zero-order valence-corrected chi connectivity index (χ0v) is 20.2. The molecule has 1 fully saturated rings. The number of benzene rings is 2. The van der Waals surface area contributed by atoms with Gasteiger partial charge in [0.1, 0.15) is 6.04 Å². The average Bonchev–Trinajstić information content (AvgIpc) is 3.07. The van der Waals surface area contributed by atoms with Crippen LogP contribution in [0.2, 0.25) is 0 Å². The van der Waals surface area contributed by atoms with Crippen LogP contribution in [-0.4, -0.2) is 66.1 Å². The third-order valence-electron chi connectivity index (χ3n) is 5.44. The molecule has 1 aliphatic heterocycles. The molecular weight excluding hydrogens is 456 g/mol. The van der Waals surface area contributed by atoms with Crippen molar-refractivity contribution < 1.29 is 23.9 Å². The average molecular weight is 485 g/mol. The Hall–Kier alpha value is -3.66. The zero-order valence-electron chi connectivity index (χ0n) is 19.4. The minimum absolute atomic E-state index is 0.142. The van der Waals surface area contributed by atoms with Gasteiger partial charge in [-0.1, -0.05) is 24.3 Å². The van der Waals surface area contributed by atoms with Gasteiger partial charge in [-0.3, -0.25) is 24.7 Å². The zero-order chi connectivity index (χ0) is 24.7. The van der Waals surface area contributed by atoms with Gasteiger partial charge in [0.15, 0.2) is 16.6 Å². The molecule has 0 aliphatic carbocycles. The minimum Gasteiger partial charge on any atom is -0.493 e. The van der Waals surface area contributed by atoms with Crippen molar-refractivity contribution in [3.8, 4) is 11.5 Å². The summed E-state index contributed by atoms with van der Waals surface area (Å²) in [7, 11) is 3.13. The molecule has 9 nitrogen and oxygen atoms in total. The molecule has 0 bridgehead atoms. The summed E-state index contributed by atoms with van der Waals surface area (Å²) in [6.07, 6.45) is 0.426. The summed E-state index contributed by atoms with van der Waals surface area (Å²) < 4.78 is 10.5. The normalized spacial score (nSPS) is 15.3. The highest BCUT2D eigenvalue weighted by atomic mass is 32.1. The molecule has 180 valence electrons. The smallest absolute Gasteiger partial charge is 0.269 e. The molecule has 0 radical (unpaired) electrons. The van der Waals surface area contributed by atoms with Gasteiger partial charge in [-0.05, 0) is 55.4 Å². The van der Waals surface area contributed by atoms with Crippen LogP contribution in [0.15, 0.2) is 48.5 Å². The van der Waals surface area contributed by atoms with Gasteiger partial charge in [-0.2, -0.15) is 0 Å². The van der Waals surface area contributed by atoms with E-state index in [1.165, 1.54) is 9.91 Å². The Bertz CT molecular complexity index is 1060. The quantitative estimate of drug-likeness (QED) is 0.497. The molecule has 0 saturated carbocycles. The summed E-state index contributed by atoms with van der Waals surface area (Å²) in [4.78, 5) is 39.6. The molecule has 1 aliphatic rings. The van der Waals surface area contributed by atoms with Gasteiger partial charge in [0.25, 0.3) is 11.8 Å². The second-order valence-electron chi connectivity index (χ2n) is 7.55. The molecule has 1 heterocycles. The predicted octanol–water partition coefficient (Wildman–Crippen LogP) is 1.92. The van der Waals surface area contributed by atoms with Gasteiger partial charge < -0.3 is 14.8 Å². The van der Waals surface area contributed by atoms with E-state index in [1.54, 1.807) is 57.5 Å². The van der Waals surface area contributed by atoms with E-state index >= 15 is 0 Å². The highest BCUT2D eigenvalue weighted by molar-refractivity contribution is 7.80. The molecule has 1 saturated heterocycles. The number of likely N-dealkylation sites (N-methyl/N-ethyl adjacent to an activating group) is 1. The van der Waals surface area contributed by atoms with Crippen LogP contribution in [0.25, 0.3) is 0 Å². The highest BCUT2D eigenvalue weighted by Gasteiger charge is 2.43. The Morgan fingerprint density at radius 1 is 1.06 bits per heavy atom. The maximum atomic E-state index is 12.9. The number of rotatable bonds is 10. The Morgan fingerprint density at radius 3 is 2.41 bits per heavy atom. The number of hydrazine groups is 1. The fraction of sp³-hybridized carbons (Fsp3) is 0.333. The molecule has 2 N–H and O–H groups in total. The number of carbonyl (C=O) groups excluding carboxylic acids is 3. The van der Waals surface area contributed by atoms with Gasteiger partial charge in [-0.15, -0.1) is 0 Å². The van der Waals surface area contributed by atoms with Crippen molar-refractivity contribution in [3.63, 3.8) is 0 Å². The molecule has 34 heavy (non-hydrogen) atoms. The third kappa shape index (κ3) is 5.63. The van der Waals surface area contributed by atoms with Gasteiger partial charge >= 0.3 is 0 Å². The van der Waals surface area contributed by atoms with E-state index in [2.05, 4.69) is 10.7 Å². The number of methoxy groups -OCH3 is 2. The van der Waals surface area contributed by atoms with Crippen molar-refractivity contribution in [2.24, 2.45) is 0 Å². The number of ether oxygens (including phenoxy) is 2. The van der Waals surface area contributed by atoms with Crippen molar-refractivity contribution in [2.45, 2.75) is 25.8 Å². The first-order valence-electron chi connectivity index (χ1n) is 10.9. The van der Waals surface area contributed by atoms with Crippen LogP contribution < -0.4 is 20.2 Å². The monoisotopic (exact) mass is 484 g/mol. The molecule has 0 unspecified atom stereocenters. The second-order valence-corrected chi connectivity index (χ2v) is 7.92. The van der Waals surface area contributed by atoms with E-state index in [4.69, 9.17) is 21.7 Å². The first-order chi connectivity index (χ1) is 16.4. The maximum Gasteiger partial charge on any atom is 0.269 e. The topological polar surface area (TPSA) is 100 Å². The summed E-state index contributed by atoms with van der Waals surface area (Å²) in [6.45, 7) is 2.49. The number of nitrogens with zero attached hydrogens (tertiary/aromatic N) is 2. The minimum atomic E-state index is -0.916. The predicted molar refractivity (Wildman–Crippen MR) is 130 cm³/mol. The van der Waals surface area contributed by atoms with E-state index in [-0.39, 0.29) is 23.3 Å². The van der Waals surface area contributed by atoms with Crippen LogP contribution in [0, 0.1) is 0 Å². The number of amides is 3. The molecular formula is C24H28N4O5S. The van der Waals surface area contributed by atoms with Crippen molar-refractivity contribution in [1.29, 1.82) is 0 Å². The maximum absolute atomic E-state index is 12.9. The van der Waals surface area contributed by atoms with Crippen molar-refractivity contribution in [3.05, 3.63) is 59.7 Å². The number of hydrogen-bond donors (Lipinski definition) is 2. The molecule has 3 amide bonds. The van der Waals surface area contributed by atoms with E-state index < -0.39 is 11.9 Å². The lowest BCUT2D eigenvalue weighted by atomic mass is 10.1. The SMILES string of the molecule is CCN1C(=O)[C@H](CC(=O)NCCc2ccc(OC)c(OC)c2)N(NC(=O)c2ccccc2)C1=S. The summed E-state index contributed by atoms with van der Waals surface area (Å²) in [5.41, 5.74) is 4.07. The fourth-order valence-corrected chi connectivity index (χ4v) is 4.03. The van der Waals surface area contributed by atoms with Crippen LogP contribution in [-0.2, 0) is 16.0 Å². The fourth-order valence-electron chi connectivity index (χ4n) is 3.64. The van der Waals surface area contributed by atoms with Gasteiger partial charge in [0.05, 0.1) is 20.6 Å². The summed E-state index contributed by atoms with van der Waals surface area (Å²) >= 11 is 5.39. The summed E-state index contributed by atoms with van der Waals surface area (Å²) in [5, 5.41) is 4.31. The lowest BCUT2D eigenvalue weighted by Crippen LogP contribution is -2.50. The van der Waals surface area contributed by atoms with Crippen LogP contribution in [0.3, 0.4) is 0 Å². The number of nitrogens with one attached hydrogen (secondary N) is 2. The van der Waals surface area contributed by atoms with Crippen LogP contribution in [0.5, 0.6) is 11.5 Å². The first-order valence-corrected chi connectivity index (χ1v) is 11.3. The number of carbonyl (C=O) groups is 3. The van der Waals surface area contributed by atoms with Crippen molar-refractivity contribution >= 4 is 35.1 Å². The van der Waals surface area contributed by atoms with E-state index in [0.717, 1.165) is 5.56 Å². The van der Waals surface area contributed by atoms with Crippen LogP contribution in [0.1, 0.15) is 29.3 Å². The first kappa shape index (κ1) is 25.0. The lowest BCUT2D eigenvalue weighted by molar-refractivity contribution is -0.132. The molecule has 2 aromatic carbocycles. The second kappa shape index (κ2) is 11.5.